The monoisotopic (exact) mass is 1090 g/mol. The molecule has 408 valence electrons. The lowest BCUT2D eigenvalue weighted by molar-refractivity contribution is 0.0965. The van der Waals surface area contributed by atoms with Crippen LogP contribution in [0.5, 0.6) is 0 Å². The van der Waals surface area contributed by atoms with E-state index in [1.54, 1.807) is 0 Å². The van der Waals surface area contributed by atoms with Gasteiger partial charge in [-0.15, -0.1) is 0 Å². The quantitative estimate of drug-likeness (QED) is 0.142. The summed E-state index contributed by atoms with van der Waals surface area (Å²) in [6, 6.07) is 97.6. The number of benzene rings is 13. The number of hydrogen-bond acceptors (Lipinski definition) is 4. The Balaban J connectivity index is 0.929. The summed E-state index contributed by atoms with van der Waals surface area (Å²) >= 11 is 0. The SMILES string of the molecule is CC(C)(C)C1(C(C)(C)C)c2cc3cc(N(c4cccc(-c5ccccc5)c4)c4cccc5c4oc4ccccc45)ccc3cc2-c2c1c1ccc(N(c3cccc(-c4ccccc4)c3)c3cccc4c3oc3ccccc34)cc1c1ccccc21. The van der Waals surface area contributed by atoms with Crippen molar-refractivity contribution >= 4 is 110 Å². The van der Waals surface area contributed by atoms with Crippen molar-refractivity contribution in [2.75, 3.05) is 9.80 Å². The lowest BCUT2D eigenvalue weighted by Crippen LogP contribution is -2.50. The molecule has 0 bridgehead atoms. The fraction of sp³-hybridized carbons (Fsp3) is 0.111. The highest BCUT2D eigenvalue weighted by Crippen LogP contribution is 2.68. The van der Waals surface area contributed by atoms with Crippen LogP contribution in [0.1, 0.15) is 52.7 Å². The molecule has 2 aromatic heterocycles. The highest BCUT2D eigenvalue weighted by molar-refractivity contribution is 6.21. The number of hydrogen-bond donors (Lipinski definition) is 0. The van der Waals surface area contributed by atoms with E-state index in [2.05, 4.69) is 318 Å². The molecule has 16 rings (SSSR count). The fourth-order valence-electron chi connectivity index (χ4n) is 15.3. The van der Waals surface area contributed by atoms with Crippen molar-refractivity contribution in [3.8, 4) is 33.4 Å². The smallest absolute Gasteiger partial charge is 0.159 e. The molecule has 13 aromatic carbocycles. The van der Waals surface area contributed by atoms with Crippen LogP contribution >= 0.6 is 0 Å². The summed E-state index contributed by atoms with van der Waals surface area (Å²) in [5.74, 6) is 0. The van der Waals surface area contributed by atoms with Crippen LogP contribution in [0.2, 0.25) is 0 Å². The van der Waals surface area contributed by atoms with Crippen LogP contribution in [-0.4, -0.2) is 0 Å². The maximum atomic E-state index is 6.88. The third-order valence-electron chi connectivity index (χ3n) is 18.5. The maximum absolute atomic E-state index is 6.88. The van der Waals surface area contributed by atoms with Crippen molar-refractivity contribution in [3.63, 3.8) is 0 Å². The molecule has 1 aliphatic rings. The van der Waals surface area contributed by atoms with E-state index in [1.807, 2.05) is 0 Å². The van der Waals surface area contributed by atoms with E-state index < -0.39 is 5.41 Å². The van der Waals surface area contributed by atoms with E-state index in [-0.39, 0.29) is 10.8 Å². The zero-order valence-corrected chi connectivity index (χ0v) is 48.6. The molecule has 4 nitrogen and oxygen atoms in total. The van der Waals surface area contributed by atoms with Crippen LogP contribution in [-0.2, 0) is 5.41 Å². The summed E-state index contributed by atoms with van der Waals surface area (Å²) in [7, 11) is 0. The van der Waals surface area contributed by atoms with Crippen LogP contribution in [0.15, 0.2) is 276 Å². The minimum Gasteiger partial charge on any atom is -0.454 e. The maximum Gasteiger partial charge on any atom is 0.159 e. The number of anilines is 6. The average molecular weight is 1100 g/mol. The molecule has 0 N–H and O–H groups in total. The van der Waals surface area contributed by atoms with Gasteiger partial charge < -0.3 is 18.6 Å². The van der Waals surface area contributed by atoms with E-state index in [4.69, 9.17) is 8.83 Å². The van der Waals surface area contributed by atoms with Gasteiger partial charge in [0.05, 0.1) is 11.4 Å². The summed E-state index contributed by atoms with van der Waals surface area (Å²) in [5, 5.41) is 11.8. The first-order valence-corrected chi connectivity index (χ1v) is 29.7. The van der Waals surface area contributed by atoms with Crippen LogP contribution < -0.4 is 9.80 Å². The molecule has 15 aromatic rings. The molecule has 2 heterocycles. The van der Waals surface area contributed by atoms with Gasteiger partial charge in [0.2, 0.25) is 0 Å². The van der Waals surface area contributed by atoms with Gasteiger partial charge in [-0.05, 0) is 173 Å². The van der Waals surface area contributed by atoms with Gasteiger partial charge in [0, 0.05) is 49.7 Å². The first-order valence-electron chi connectivity index (χ1n) is 29.7. The average Bonchev–Trinajstić information content (AvgIpc) is 1.57. The number of para-hydroxylation sites is 4. The summed E-state index contributed by atoms with van der Waals surface area (Å²) in [4.78, 5) is 4.81. The van der Waals surface area contributed by atoms with E-state index in [0.717, 1.165) is 89.1 Å². The Kier molecular flexibility index (Phi) is 11.3. The summed E-state index contributed by atoms with van der Waals surface area (Å²) < 4.78 is 13.7. The Morgan fingerprint density at radius 1 is 0.306 bits per heavy atom. The molecule has 0 spiro atoms. The third-order valence-corrected chi connectivity index (χ3v) is 18.5. The van der Waals surface area contributed by atoms with Gasteiger partial charge in [-0.1, -0.05) is 224 Å². The normalized spacial score (nSPS) is 13.2. The molecule has 0 amide bonds. The minimum absolute atomic E-state index is 0.258. The van der Waals surface area contributed by atoms with Crippen molar-refractivity contribution in [2.45, 2.75) is 47.0 Å². The summed E-state index contributed by atoms with van der Waals surface area (Å²) in [5.41, 5.74) is 18.7. The second-order valence-electron chi connectivity index (χ2n) is 25.2. The number of rotatable bonds is 8. The van der Waals surface area contributed by atoms with Crippen LogP contribution in [0.25, 0.3) is 110 Å². The molecule has 0 unspecified atom stereocenters. The van der Waals surface area contributed by atoms with Gasteiger partial charge in [0.15, 0.2) is 11.2 Å². The van der Waals surface area contributed by atoms with Crippen molar-refractivity contribution in [2.24, 2.45) is 10.8 Å². The number of fused-ring (bicyclic) bond motifs is 15. The van der Waals surface area contributed by atoms with Gasteiger partial charge in [0.1, 0.15) is 11.2 Å². The predicted molar refractivity (Wildman–Crippen MR) is 359 cm³/mol. The Hall–Kier alpha value is -10.2. The fourth-order valence-corrected chi connectivity index (χ4v) is 15.3. The molecule has 1 aliphatic carbocycles. The topological polar surface area (TPSA) is 32.8 Å². The van der Waals surface area contributed by atoms with Crippen molar-refractivity contribution < 1.29 is 8.83 Å². The summed E-state index contributed by atoms with van der Waals surface area (Å²) in [6.07, 6.45) is 0. The molecule has 85 heavy (non-hydrogen) atoms. The number of furan rings is 2. The zero-order chi connectivity index (χ0) is 57.3. The molecular formula is C81H62N2O2. The lowest BCUT2D eigenvalue weighted by atomic mass is 9.49. The Labute approximate surface area is 495 Å². The zero-order valence-electron chi connectivity index (χ0n) is 48.6. The van der Waals surface area contributed by atoms with Gasteiger partial charge in [-0.25, -0.2) is 0 Å². The molecular weight excluding hydrogens is 1030 g/mol. The van der Waals surface area contributed by atoms with Gasteiger partial charge in [0.25, 0.3) is 0 Å². The van der Waals surface area contributed by atoms with Crippen LogP contribution in [0, 0.1) is 10.8 Å². The molecule has 0 atom stereocenters. The lowest BCUT2D eigenvalue weighted by Gasteiger charge is -2.53. The van der Waals surface area contributed by atoms with Gasteiger partial charge in [-0.3, -0.25) is 0 Å². The molecule has 4 heteroatoms. The second-order valence-corrected chi connectivity index (χ2v) is 25.2. The largest absolute Gasteiger partial charge is 0.454 e. The molecule has 0 radical (unpaired) electrons. The predicted octanol–water partition coefficient (Wildman–Crippen LogP) is 23.6. The van der Waals surface area contributed by atoms with E-state index in [9.17, 15) is 0 Å². The molecule has 0 saturated carbocycles. The minimum atomic E-state index is -0.466. The standard InChI is InChI=1S/C81H62N2O2/c1-79(2,3)81(80(4,5)6)70-49-56-47-59(82(57-29-19-27-53(45-57)51-23-9-7-10-24-51)71-37-21-35-66-62-32-15-17-39-73(62)84-77(66)71)42-41-55(56)48-69(70)75-64-34-14-13-31-61(64)68-50-60(43-44-65(68)76(75)81)83(58-30-20-28-54(46-58)52-25-11-8-12-26-52)72-38-22-36-67-63-33-16-18-40-74(63)85-78(67)72/h7-50H,1-6H3. The third kappa shape index (κ3) is 7.67. The van der Waals surface area contributed by atoms with Gasteiger partial charge >= 0.3 is 0 Å². The first-order chi connectivity index (χ1) is 41.4. The Morgan fingerprint density at radius 2 is 0.753 bits per heavy atom. The second kappa shape index (κ2) is 18.9. The van der Waals surface area contributed by atoms with E-state index in [0.29, 0.717) is 0 Å². The molecule has 0 aliphatic heterocycles. The van der Waals surface area contributed by atoms with E-state index in [1.165, 1.54) is 65.7 Å². The summed E-state index contributed by atoms with van der Waals surface area (Å²) in [6.45, 7) is 14.8. The Bertz CT molecular complexity index is 5150. The van der Waals surface area contributed by atoms with Crippen molar-refractivity contribution in [1.29, 1.82) is 0 Å². The van der Waals surface area contributed by atoms with Crippen LogP contribution in [0.3, 0.4) is 0 Å². The van der Waals surface area contributed by atoms with E-state index >= 15 is 0 Å². The van der Waals surface area contributed by atoms with Crippen molar-refractivity contribution in [1.82, 2.24) is 0 Å². The highest BCUT2D eigenvalue weighted by atomic mass is 16.3. The Morgan fingerprint density at radius 3 is 1.31 bits per heavy atom. The highest BCUT2D eigenvalue weighted by Gasteiger charge is 2.59. The van der Waals surface area contributed by atoms with Crippen LogP contribution in [0.4, 0.5) is 34.1 Å². The number of nitrogens with zero attached hydrogens (tertiary/aromatic N) is 2. The first kappa shape index (κ1) is 50.6. The molecule has 0 saturated heterocycles. The van der Waals surface area contributed by atoms with Crippen molar-refractivity contribution in [3.05, 3.63) is 278 Å². The van der Waals surface area contributed by atoms with Gasteiger partial charge in [-0.2, -0.15) is 0 Å². The molecule has 0 fully saturated rings.